The number of hydrogen-bond donors (Lipinski definition) is 1. The number of methoxy groups -OCH3 is 1. The summed E-state index contributed by atoms with van der Waals surface area (Å²) in [5.74, 6) is -0.303. The molecule has 0 aliphatic heterocycles. The van der Waals surface area contributed by atoms with Crippen molar-refractivity contribution in [2.24, 2.45) is 0 Å². The zero-order valence-electron chi connectivity index (χ0n) is 10.4. The molecule has 0 amide bonds. The van der Waals surface area contributed by atoms with Crippen molar-refractivity contribution in [3.63, 3.8) is 0 Å². The van der Waals surface area contributed by atoms with E-state index >= 15 is 0 Å². The molecule has 1 aliphatic carbocycles. The molecule has 17 heavy (non-hydrogen) atoms. The number of aliphatic hydroxyl groups excluding tert-OH is 1. The van der Waals surface area contributed by atoms with Crippen LogP contribution in [-0.2, 0) is 4.74 Å². The summed E-state index contributed by atoms with van der Waals surface area (Å²) in [7, 11) is 1.63. The number of hydrogen-bond acceptors (Lipinski definition) is 2. The molecule has 1 atom stereocenters. The van der Waals surface area contributed by atoms with E-state index in [0.29, 0.717) is 5.56 Å². The third kappa shape index (κ3) is 2.35. The zero-order chi connectivity index (χ0) is 12.5. The Balaban J connectivity index is 2.32. The first-order chi connectivity index (χ1) is 8.07. The fourth-order valence-corrected chi connectivity index (χ4v) is 2.79. The standard InChI is InChI=1S/C14H19FO2/c1-10-7-11(9-12(15)8-10)13(16)14(17-2)5-3-4-6-14/h7-9,13,16H,3-6H2,1-2H3. The quantitative estimate of drug-likeness (QED) is 0.876. The van der Waals surface area contributed by atoms with E-state index in [1.54, 1.807) is 7.11 Å². The molecule has 1 aromatic rings. The Hall–Kier alpha value is -0.930. The zero-order valence-corrected chi connectivity index (χ0v) is 10.4. The van der Waals surface area contributed by atoms with Crippen LogP contribution in [-0.4, -0.2) is 17.8 Å². The molecular formula is C14H19FO2. The van der Waals surface area contributed by atoms with Gasteiger partial charge in [-0.25, -0.2) is 4.39 Å². The van der Waals surface area contributed by atoms with Crippen molar-refractivity contribution in [2.75, 3.05) is 7.11 Å². The van der Waals surface area contributed by atoms with Gasteiger partial charge in [-0.15, -0.1) is 0 Å². The molecule has 0 spiro atoms. The molecule has 1 N–H and O–H groups in total. The molecule has 0 heterocycles. The second-order valence-corrected chi connectivity index (χ2v) is 4.94. The van der Waals surface area contributed by atoms with Gasteiger partial charge >= 0.3 is 0 Å². The third-order valence-electron chi connectivity index (χ3n) is 3.73. The van der Waals surface area contributed by atoms with Gasteiger partial charge in [0, 0.05) is 7.11 Å². The van der Waals surface area contributed by atoms with Crippen molar-refractivity contribution in [3.05, 3.63) is 35.1 Å². The molecule has 1 saturated carbocycles. The minimum absolute atomic E-state index is 0.303. The Morgan fingerprint density at radius 2 is 1.94 bits per heavy atom. The molecule has 0 saturated heterocycles. The van der Waals surface area contributed by atoms with Crippen LogP contribution >= 0.6 is 0 Å². The SMILES string of the molecule is COC1(C(O)c2cc(C)cc(F)c2)CCCC1. The minimum Gasteiger partial charge on any atom is -0.385 e. The van der Waals surface area contributed by atoms with Crippen molar-refractivity contribution in [3.8, 4) is 0 Å². The molecule has 0 aromatic heterocycles. The lowest BCUT2D eigenvalue weighted by atomic mass is 9.88. The lowest BCUT2D eigenvalue weighted by Crippen LogP contribution is -2.35. The van der Waals surface area contributed by atoms with Gasteiger partial charge in [-0.2, -0.15) is 0 Å². The van der Waals surface area contributed by atoms with Gasteiger partial charge in [-0.3, -0.25) is 0 Å². The Labute approximate surface area is 101 Å². The third-order valence-corrected chi connectivity index (χ3v) is 3.73. The first-order valence-corrected chi connectivity index (χ1v) is 6.08. The fourth-order valence-electron chi connectivity index (χ4n) is 2.79. The van der Waals surface area contributed by atoms with E-state index in [0.717, 1.165) is 31.2 Å². The molecule has 2 nitrogen and oxygen atoms in total. The van der Waals surface area contributed by atoms with Crippen LogP contribution in [0.4, 0.5) is 4.39 Å². The average molecular weight is 238 g/mol. The number of ether oxygens (including phenoxy) is 1. The second kappa shape index (κ2) is 4.75. The van der Waals surface area contributed by atoms with Gasteiger partial charge in [0.05, 0.1) is 5.60 Å². The Morgan fingerprint density at radius 1 is 1.29 bits per heavy atom. The van der Waals surface area contributed by atoms with Crippen LogP contribution < -0.4 is 0 Å². The van der Waals surface area contributed by atoms with E-state index in [2.05, 4.69) is 0 Å². The van der Waals surface area contributed by atoms with Crippen LogP contribution in [0, 0.1) is 12.7 Å². The van der Waals surface area contributed by atoms with Crippen LogP contribution in [0.2, 0.25) is 0 Å². The highest BCUT2D eigenvalue weighted by atomic mass is 19.1. The monoisotopic (exact) mass is 238 g/mol. The van der Waals surface area contributed by atoms with Gasteiger partial charge in [-0.1, -0.05) is 18.9 Å². The van der Waals surface area contributed by atoms with Crippen molar-refractivity contribution < 1.29 is 14.2 Å². The lowest BCUT2D eigenvalue weighted by Gasteiger charge is -2.33. The van der Waals surface area contributed by atoms with Gasteiger partial charge in [-0.05, 0) is 43.0 Å². The van der Waals surface area contributed by atoms with E-state index in [9.17, 15) is 9.50 Å². The summed E-state index contributed by atoms with van der Waals surface area (Å²) in [6, 6.07) is 4.69. The summed E-state index contributed by atoms with van der Waals surface area (Å²) in [5.41, 5.74) is 0.912. The smallest absolute Gasteiger partial charge is 0.123 e. The molecule has 2 rings (SSSR count). The van der Waals surface area contributed by atoms with E-state index in [4.69, 9.17) is 4.74 Å². The number of aryl methyl sites for hydroxylation is 1. The summed E-state index contributed by atoms with van der Waals surface area (Å²) in [4.78, 5) is 0. The number of benzene rings is 1. The van der Waals surface area contributed by atoms with Crippen LogP contribution in [0.25, 0.3) is 0 Å². The normalized spacial score (nSPS) is 20.5. The van der Waals surface area contributed by atoms with Crippen LogP contribution in [0.1, 0.15) is 42.9 Å². The second-order valence-electron chi connectivity index (χ2n) is 4.94. The van der Waals surface area contributed by atoms with Crippen molar-refractivity contribution >= 4 is 0 Å². The first-order valence-electron chi connectivity index (χ1n) is 6.08. The van der Waals surface area contributed by atoms with Gasteiger partial charge in [0.2, 0.25) is 0 Å². The average Bonchev–Trinajstić information content (AvgIpc) is 2.76. The maximum absolute atomic E-state index is 13.4. The van der Waals surface area contributed by atoms with E-state index < -0.39 is 11.7 Å². The maximum atomic E-state index is 13.4. The van der Waals surface area contributed by atoms with Crippen molar-refractivity contribution in [1.29, 1.82) is 0 Å². The molecule has 1 aliphatic rings. The van der Waals surface area contributed by atoms with Gasteiger partial charge < -0.3 is 9.84 Å². The van der Waals surface area contributed by atoms with Gasteiger partial charge in [0.1, 0.15) is 11.9 Å². The van der Waals surface area contributed by atoms with Crippen LogP contribution in [0.3, 0.4) is 0 Å². The highest BCUT2D eigenvalue weighted by Gasteiger charge is 2.41. The summed E-state index contributed by atoms with van der Waals surface area (Å²) in [5, 5.41) is 10.4. The molecule has 1 fully saturated rings. The van der Waals surface area contributed by atoms with Crippen LogP contribution in [0.5, 0.6) is 0 Å². The van der Waals surface area contributed by atoms with Crippen molar-refractivity contribution in [2.45, 2.75) is 44.3 Å². The molecule has 1 unspecified atom stereocenters. The summed E-state index contributed by atoms with van der Waals surface area (Å²) in [6.07, 6.45) is 3.03. The predicted octanol–water partition coefficient (Wildman–Crippen LogP) is 3.13. The van der Waals surface area contributed by atoms with Gasteiger partial charge in [0.25, 0.3) is 0 Å². The summed E-state index contributed by atoms with van der Waals surface area (Å²) < 4.78 is 18.9. The largest absolute Gasteiger partial charge is 0.385 e. The molecule has 3 heteroatoms. The number of halogens is 1. The highest BCUT2D eigenvalue weighted by molar-refractivity contribution is 5.27. The summed E-state index contributed by atoms with van der Waals surface area (Å²) in [6.45, 7) is 1.83. The molecule has 1 aromatic carbocycles. The maximum Gasteiger partial charge on any atom is 0.123 e. The minimum atomic E-state index is -0.746. The van der Waals surface area contributed by atoms with Gasteiger partial charge in [0.15, 0.2) is 0 Å². The Kier molecular flexibility index (Phi) is 3.50. The number of rotatable bonds is 3. The first kappa shape index (κ1) is 12.5. The highest BCUT2D eigenvalue weighted by Crippen LogP contribution is 2.42. The molecule has 94 valence electrons. The topological polar surface area (TPSA) is 29.5 Å². The predicted molar refractivity (Wildman–Crippen MR) is 64.3 cm³/mol. The van der Waals surface area contributed by atoms with E-state index in [-0.39, 0.29) is 5.82 Å². The van der Waals surface area contributed by atoms with Crippen molar-refractivity contribution in [1.82, 2.24) is 0 Å². The lowest BCUT2D eigenvalue weighted by molar-refractivity contribution is -0.100. The molecule has 0 radical (unpaired) electrons. The molecule has 0 bridgehead atoms. The summed E-state index contributed by atoms with van der Waals surface area (Å²) >= 11 is 0. The van der Waals surface area contributed by atoms with Crippen LogP contribution in [0.15, 0.2) is 18.2 Å². The Morgan fingerprint density at radius 3 is 2.47 bits per heavy atom. The number of aliphatic hydroxyl groups is 1. The Bertz CT molecular complexity index is 377. The van der Waals surface area contributed by atoms with E-state index in [1.807, 2.05) is 13.0 Å². The van der Waals surface area contributed by atoms with E-state index in [1.165, 1.54) is 12.1 Å². The fraction of sp³-hybridized carbons (Fsp3) is 0.571. The molecular weight excluding hydrogens is 219 g/mol.